The summed E-state index contributed by atoms with van der Waals surface area (Å²) in [4.78, 5) is 15.0. The van der Waals surface area contributed by atoms with E-state index in [4.69, 9.17) is 0 Å². The van der Waals surface area contributed by atoms with Crippen LogP contribution in [0.5, 0.6) is 0 Å². The van der Waals surface area contributed by atoms with E-state index in [0.29, 0.717) is 13.1 Å². The summed E-state index contributed by atoms with van der Waals surface area (Å²) in [5, 5.41) is 3.06. The fraction of sp³-hybridized carbons (Fsp3) is 0.632. The van der Waals surface area contributed by atoms with Gasteiger partial charge < -0.3 is 10.2 Å². The van der Waals surface area contributed by atoms with Crippen molar-refractivity contribution in [1.82, 2.24) is 21.1 Å². The number of rotatable bonds is 6. The van der Waals surface area contributed by atoms with Gasteiger partial charge >= 0.3 is 0 Å². The molecule has 0 spiro atoms. The highest BCUT2D eigenvalue weighted by Crippen LogP contribution is 2.25. The number of hydrazine groups is 1. The number of nitrogens with zero attached hydrogens (tertiary/aromatic N) is 1. The molecule has 0 aromatic heterocycles. The van der Waals surface area contributed by atoms with Gasteiger partial charge in [0.25, 0.3) is 0 Å². The number of halogens is 1. The highest BCUT2D eigenvalue weighted by atomic mass is 19.1. The quantitative estimate of drug-likeness (QED) is 0.687. The molecule has 25 heavy (non-hydrogen) atoms. The summed E-state index contributed by atoms with van der Waals surface area (Å²) in [5.74, 6) is 0.463. The highest BCUT2D eigenvalue weighted by Gasteiger charge is 2.33. The predicted octanol–water partition coefficient (Wildman–Crippen LogP) is 1.83. The van der Waals surface area contributed by atoms with E-state index in [1.54, 1.807) is 12.1 Å². The van der Waals surface area contributed by atoms with Crippen LogP contribution in [0, 0.1) is 17.7 Å². The number of carbonyl (C=O) groups is 1. The molecule has 2 aliphatic heterocycles. The number of carbonyl (C=O) groups excluding carboxylic acids is 1. The second-order valence-corrected chi connectivity index (χ2v) is 7.33. The third-order valence-corrected chi connectivity index (χ3v) is 5.37. The summed E-state index contributed by atoms with van der Waals surface area (Å²) in [5.41, 5.74) is 7.10. The molecule has 3 N–H and O–H groups in total. The Kier molecular flexibility index (Phi) is 6.39. The van der Waals surface area contributed by atoms with Crippen molar-refractivity contribution in [3.8, 4) is 0 Å². The molecule has 1 amide bonds. The molecule has 2 heterocycles. The van der Waals surface area contributed by atoms with E-state index < -0.39 is 0 Å². The average Bonchev–Trinajstić information content (AvgIpc) is 3.10. The summed E-state index contributed by atoms with van der Waals surface area (Å²) in [6, 6.07) is 6.21. The summed E-state index contributed by atoms with van der Waals surface area (Å²) >= 11 is 0. The molecule has 2 fully saturated rings. The Hall–Kier alpha value is -1.50. The third kappa shape index (κ3) is 5.00. The first-order valence-electron chi connectivity index (χ1n) is 9.37. The SMILES string of the molecule is CC1CCN(CCCNC(=O)C2CNNC2c2ccc(F)cc2)CC1. The fourth-order valence-electron chi connectivity index (χ4n) is 3.66. The maximum absolute atomic E-state index is 13.1. The van der Waals surface area contributed by atoms with Crippen LogP contribution < -0.4 is 16.2 Å². The minimum atomic E-state index is -0.261. The molecular weight excluding hydrogens is 319 g/mol. The molecule has 1 aromatic rings. The molecule has 0 aliphatic carbocycles. The van der Waals surface area contributed by atoms with Crippen molar-refractivity contribution in [2.24, 2.45) is 11.8 Å². The van der Waals surface area contributed by atoms with Crippen molar-refractivity contribution in [3.05, 3.63) is 35.6 Å². The van der Waals surface area contributed by atoms with Crippen molar-refractivity contribution < 1.29 is 9.18 Å². The maximum atomic E-state index is 13.1. The van der Waals surface area contributed by atoms with Gasteiger partial charge in [-0.1, -0.05) is 19.1 Å². The van der Waals surface area contributed by atoms with E-state index in [9.17, 15) is 9.18 Å². The lowest BCUT2D eigenvalue weighted by Crippen LogP contribution is -2.38. The minimum absolute atomic E-state index is 0.0547. The largest absolute Gasteiger partial charge is 0.356 e. The first-order chi connectivity index (χ1) is 12.1. The number of nitrogens with one attached hydrogen (secondary N) is 3. The zero-order valence-electron chi connectivity index (χ0n) is 14.9. The molecular formula is C19H29FN4O. The predicted molar refractivity (Wildman–Crippen MR) is 96.2 cm³/mol. The molecule has 0 bridgehead atoms. The van der Waals surface area contributed by atoms with Crippen LogP contribution in [-0.2, 0) is 4.79 Å². The Balaban J connectivity index is 1.42. The second kappa shape index (κ2) is 8.74. The molecule has 2 atom stereocenters. The van der Waals surface area contributed by atoms with Crippen molar-refractivity contribution >= 4 is 5.91 Å². The lowest BCUT2D eigenvalue weighted by Gasteiger charge is -2.30. The fourth-order valence-corrected chi connectivity index (χ4v) is 3.66. The maximum Gasteiger partial charge on any atom is 0.226 e. The zero-order valence-corrected chi connectivity index (χ0v) is 14.9. The molecule has 2 unspecified atom stereocenters. The second-order valence-electron chi connectivity index (χ2n) is 7.33. The Morgan fingerprint density at radius 1 is 1.28 bits per heavy atom. The van der Waals surface area contributed by atoms with Crippen LogP contribution in [0.3, 0.4) is 0 Å². The number of benzene rings is 1. The van der Waals surface area contributed by atoms with E-state index in [-0.39, 0.29) is 23.7 Å². The van der Waals surface area contributed by atoms with E-state index in [0.717, 1.165) is 24.4 Å². The number of hydrogen-bond donors (Lipinski definition) is 3. The van der Waals surface area contributed by atoms with E-state index in [2.05, 4.69) is 28.0 Å². The molecule has 2 aliphatic rings. The standard InChI is InChI=1S/C19H29FN4O/c1-14-7-11-24(12-8-14)10-2-9-21-19(25)17-13-22-23-18(17)15-3-5-16(20)6-4-15/h3-6,14,17-18,22-23H,2,7-13H2,1H3,(H,21,25). The number of likely N-dealkylation sites (tertiary alicyclic amines) is 1. The molecule has 3 rings (SSSR count). The number of amides is 1. The molecule has 6 heteroatoms. The van der Waals surface area contributed by atoms with Gasteiger partial charge in [-0.3, -0.25) is 10.2 Å². The van der Waals surface area contributed by atoms with Gasteiger partial charge in [-0.05, 0) is 62.5 Å². The first kappa shape index (κ1) is 18.3. The van der Waals surface area contributed by atoms with Crippen LogP contribution in [0.25, 0.3) is 0 Å². The molecule has 2 saturated heterocycles. The Bertz CT molecular complexity index is 557. The summed E-state index contributed by atoms with van der Waals surface area (Å²) in [6.45, 7) is 7.01. The summed E-state index contributed by atoms with van der Waals surface area (Å²) < 4.78 is 13.1. The van der Waals surface area contributed by atoms with E-state index in [1.807, 2.05) is 0 Å². The van der Waals surface area contributed by atoms with Gasteiger partial charge in [0.15, 0.2) is 0 Å². The Morgan fingerprint density at radius 2 is 2.00 bits per heavy atom. The lowest BCUT2D eigenvalue weighted by atomic mass is 9.94. The van der Waals surface area contributed by atoms with Crippen LogP contribution in [0.4, 0.5) is 4.39 Å². The summed E-state index contributed by atoms with van der Waals surface area (Å²) in [6.07, 6.45) is 3.55. The zero-order chi connectivity index (χ0) is 17.6. The van der Waals surface area contributed by atoms with Crippen LogP contribution in [-0.4, -0.2) is 43.5 Å². The van der Waals surface area contributed by atoms with Crippen molar-refractivity contribution in [2.75, 3.05) is 32.7 Å². The van der Waals surface area contributed by atoms with Crippen molar-refractivity contribution in [1.29, 1.82) is 0 Å². The Labute approximate surface area is 149 Å². The minimum Gasteiger partial charge on any atom is -0.356 e. The van der Waals surface area contributed by atoms with Crippen molar-refractivity contribution in [3.63, 3.8) is 0 Å². The van der Waals surface area contributed by atoms with Gasteiger partial charge in [-0.25, -0.2) is 9.82 Å². The van der Waals surface area contributed by atoms with Gasteiger partial charge in [0, 0.05) is 13.1 Å². The normalized spacial score (nSPS) is 25.2. The van der Waals surface area contributed by atoms with Gasteiger partial charge in [-0.2, -0.15) is 0 Å². The van der Waals surface area contributed by atoms with Crippen LogP contribution in [0.15, 0.2) is 24.3 Å². The molecule has 0 saturated carbocycles. The average molecular weight is 348 g/mol. The van der Waals surface area contributed by atoms with Gasteiger partial charge in [-0.15, -0.1) is 0 Å². The number of hydrogen-bond acceptors (Lipinski definition) is 4. The van der Waals surface area contributed by atoms with Crippen LogP contribution in [0.2, 0.25) is 0 Å². The molecule has 5 nitrogen and oxygen atoms in total. The van der Waals surface area contributed by atoms with Crippen LogP contribution in [0.1, 0.15) is 37.8 Å². The lowest BCUT2D eigenvalue weighted by molar-refractivity contribution is -0.124. The van der Waals surface area contributed by atoms with Crippen molar-refractivity contribution in [2.45, 2.75) is 32.2 Å². The van der Waals surface area contributed by atoms with Gasteiger partial charge in [0.2, 0.25) is 5.91 Å². The van der Waals surface area contributed by atoms with E-state index >= 15 is 0 Å². The smallest absolute Gasteiger partial charge is 0.226 e. The highest BCUT2D eigenvalue weighted by molar-refractivity contribution is 5.80. The third-order valence-electron chi connectivity index (χ3n) is 5.37. The van der Waals surface area contributed by atoms with Gasteiger partial charge in [0.1, 0.15) is 5.82 Å². The van der Waals surface area contributed by atoms with Gasteiger partial charge in [0.05, 0.1) is 12.0 Å². The van der Waals surface area contributed by atoms with Crippen LogP contribution >= 0.6 is 0 Å². The monoisotopic (exact) mass is 348 g/mol. The molecule has 138 valence electrons. The topological polar surface area (TPSA) is 56.4 Å². The first-order valence-corrected chi connectivity index (χ1v) is 9.37. The molecule has 0 radical (unpaired) electrons. The van der Waals surface area contributed by atoms with E-state index in [1.165, 1.54) is 38.1 Å². The Morgan fingerprint density at radius 3 is 2.72 bits per heavy atom. The number of piperidine rings is 1. The summed E-state index contributed by atoms with van der Waals surface area (Å²) in [7, 11) is 0. The molecule has 1 aromatic carbocycles.